The lowest BCUT2D eigenvalue weighted by molar-refractivity contribution is -0.154. The van der Waals surface area contributed by atoms with Gasteiger partial charge in [-0.2, -0.15) is 39.5 Å². The number of carboxylic acids is 1. The Kier molecular flexibility index (Phi) is 14.1. The van der Waals surface area contributed by atoms with Crippen molar-refractivity contribution in [2.75, 3.05) is 5.75 Å². The fourth-order valence-corrected chi connectivity index (χ4v) is 10.8. The Balaban J connectivity index is 1.60. The molecule has 0 aliphatic heterocycles. The second-order valence-electron chi connectivity index (χ2n) is 17.1. The lowest BCUT2D eigenvalue weighted by Gasteiger charge is -2.38. The minimum absolute atomic E-state index is 0.0108. The molecule has 0 fully saturated rings. The molecule has 0 spiro atoms. The third-order valence-corrected chi connectivity index (χ3v) is 16.0. The van der Waals surface area contributed by atoms with Gasteiger partial charge >= 0.3 is 24.5 Å². The highest BCUT2D eigenvalue weighted by atomic mass is 32.2. The van der Waals surface area contributed by atoms with E-state index >= 15 is 8.42 Å². The van der Waals surface area contributed by atoms with Crippen molar-refractivity contribution in [3.8, 4) is 11.1 Å². The van der Waals surface area contributed by atoms with Crippen LogP contribution in [0, 0.1) is 0 Å². The molecule has 69 heavy (non-hydrogen) atoms. The Labute approximate surface area is 391 Å². The predicted molar refractivity (Wildman–Crippen MR) is 233 cm³/mol. The van der Waals surface area contributed by atoms with Gasteiger partial charge in [0.25, 0.3) is 0 Å². The molecule has 0 radical (unpaired) electrons. The van der Waals surface area contributed by atoms with Gasteiger partial charge in [-0.15, -0.1) is 0 Å². The quantitative estimate of drug-likeness (QED) is 0.0849. The van der Waals surface area contributed by atoms with E-state index in [1.807, 2.05) is 0 Å². The molecule has 3 aromatic carbocycles. The largest absolute Gasteiger partial charge is 0.480 e. The maximum atomic E-state index is 15.3. The van der Waals surface area contributed by atoms with Crippen molar-refractivity contribution >= 4 is 25.8 Å². The van der Waals surface area contributed by atoms with Crippen LogP contribution in [0.15, 0.2) is 120 Å². The first-order valence-electron chi connectivity index (χ1n) is 21.2. The highest BCUT2D eigenvalue weighted by molar-refractivity contribution is 7.92. The molecule has 0 saturated heterocycles. The molecule has 10 nitrogen and oxygen atoms in total. The second kappa shape index (κ2) is 18.5. The summed E-state index contributed by atoms with van der Waals surface area (Å²) in [5, 5.41) is 9.08. The Hall–Kier alpha value is -5.80. The van der Waals surface area contributed by atoms with Gasteiger partial charge in [0, 0.05) is 6.54 Å². The first-order chi connectivity index (χ1) is 31.8. The molecule has 0 amide bonds. The molecule has 6 rings (SSSR count). The van der Waals surface area contributed by atoms with Crippen molar-refractivity contribution in [3.05, 3.63) is 154 Å². The minimum Gasteiger partial charge on any atom is -0.480 e. The molecule has 0 saturated carbocycles. The first kappa shape index (κ1) is 52.6. The van der Waals surface area contributed by atoms with Gasteiger partial charge in [-0.05, 0) is 122 Å². The lowest BCUT2D eigenvalue weighted by atomic mass is 9.68. The molecule has 3 heterocycles. The van der Waals surface area contributed by atoms with Gasteiger partial charge in [-0.3, -0.25) is 4.79 Å². The maximum Gasteiger partial charge on any atom is 0.449 e. The van der Waals surface area contributed by atoms with Crippen molar-refractivity contribution in [2.45, 2.75) is 112 Å². The summed E-state index contributed by atoms with van der Waals surface area (Å²) in [5.41, 5.74) is -4.35. The van der Waals surface area contributed by atoms with Crippen LogP contribution in [0.2, 0.25) is 0 Å². The number of sulfone groups is 1. The van der Waals surface area contributed by atoms with Gasteiger partial charge in [0.15, 0.2) is 15.6 Å². The fourth-order valence-electron chi connectivity index (χ4n) is 8.11. The molecule has 0 aliphatic carbocycles. The van der Waals surface area contributed by atoms with E-state index in [9.17, 15) is 52.7 Å². The number of carboxylic acid groups (broad SMARTS) is 1. The van der Waals surface area contributed by atoms with E-state index < -0.39 is 95.1 Å². The van der Waals surface area contributed by atoms with Crippen LogP contribution in [-0.2, 0) is 66.0 Å². The third kappa shape index (κ3) is 10.4. The second-order valence-corrected chi connectivity index (χ2v) is 20.8. The normalized spacial score (nSPS) is 15.6. The average Bonchev–Trinajstić information content (AvgIpc) is 4.10. The SMILES string of the molecule is CCC(C)(c1cc(C(C)(CC)c2ccc(C(F)(F)F)o2)c(S(=O)(=O)NCc2ccc(-c3cccc(S(=O)(=O)CC(=O)O)c3)cc2)c(C(C)(CC)c2ccc(C(F)(F)F)o2)c1)c1ccc(C(F)(F)F)o1. The van der Waals surface area contributed by atoms with Crippen LogP contribution in [0.3, 0.4) is 0 Å². The number of rotatable bonds is 17. The van der Waals surface area contributed by atoms with E-state index in [1.54, 1.807) is 13.0 Å². The number of carbonyl (C=O) groups is 1. The molecule has 0 bridgehead atoms. The summed E-state index contributed by atoms with van der Waals surface area (Å²) in [6, 6.07) is 19.4. The number of hydrogen-bond acceptors (Lipinski definition) is 8. The smallest absolute Gasteiger partial charge is 0.449 e. The van der Waals surface area contributed by atoms with Crippen molar-refractivity contribution in [3.63, 3.8) is 0 Å². The number of halogens is 9. The fraction of sp³-hybridized carbons (Fsp3) is 0.354. The van der Waals surface area contributed by atoms with Crippen molar-refractivity contribution < 1.29 is 79.5 Å². The van der Waals surface area contributed by atoms with Crippen molar-refractivity contribution in [1.82, 2.24) is 4.72 Å². The molecule has 3 unspecified atom stereocenters. The van der Waals surface area contributed by atoms with E-state index in [1.165, 1.54) is 89.2 Å². The number of hydrogen-bond donors (Lipinski definition) is 2. The predicted octanol–water partition coefficient (Wildman–Crippen LogP) is 12.7. The summed E-state index contributed by atoms with van der Waals surface area (Å²) in [4.78, 5) is 10.3. The maximum absolute atomic E-state index is 15.3. The summed E-state index contributed by atoms with van der Waals surface area (Å²) in [5.74, 6) is -7.85. The number of benzene rings is 3. The lowest BCUT2D eigenvalue weighted by Crippen LogP contribution is -2.36. The van der Waals surface area contributed by atoms with E-state index in [-0.39, 0.29) is 58.1 Å². The van der Waals surface area contributed by atoms with Gasteiger partial charge in [-0.25, -0.2) is 21.6 Å². The number of sulfonamides is 1. The van der Waals surface area contributed by atoms with Crippen molar-refractivity contribution in [2.24, 2.45) is 0 Å². The number of alkyl halides is 9. The zero-order chi connectivity index (χ0) is 51.3. The van der Waals surface area contributed by atoms with E-state index in [0.29, 0.717) is 34.9 Å². The van der Waals surface area contributed by atoms with Crippen LogP contribution >= 0.6 is 0 Å². The topological polar surface area (TPSA) is 157 Å². The summed E-state index contributed by atoms with van der Waals surface area (Å²) in [6.45, 7) is 8.53. The monoisotopic (exact) mass is 1020 g/mol. The third-order valence-electron chi connectivity index (χ3n) is 12.9. The van der Waals surface area contributed by atoms with Gasteiger partial charge in [-0.1, -0.05) is 69.3 Å². The van der Waals surface area contributed by atoms with E-state index in [0.717, 1.165) is 18.2 Å². The van der Waals surface area contributed by atoms with Crippen LogP contribution in [0.4, 0.5) is 39.5 Å². The number of furan rings is 3. The molecule has 0 aliphatic rings. The molecule has 3 atom stereocenters. The molecule has 3 aromatic heterocycles. The van der Waals surface area contributed by atoms with Crippen molar-refractivity contribution in [1.29, 1.82) is 0 Å². The number of nitrogens with one attached hydrogen (secondary N) is 1. The standard InChI is InChI=1S/C48H46F9NO9S2/c1-7-43(4,35-17-20-38(65-35)46(49,50)51)31-24-33(44(5,8-2)36-18-21-39(66-36)47(52,53)54)42(34(25-31)45(6,9-3)37-19-22-40(67-37)48(55,56)57)69(63,64)58-26-28-13-15-29(16-14-28)30-11-10-12-32(23-30)68(61,62)27-41(59)60/h10-25,58H,7-9,26-27H2,1-6H3,(H,59,60). The number of aliphatic carboxylic acids is 1. The first-order valence-corrected chi connectivity index (χ1v) is 24.3. The van der Waals surface area contributed by atoms with Gasteiger partial charge in [0.2, 0.25) is 27.3 Å². The average molecular weight is 1020 g/mol. The van der Waals surface area contributed by atoms with E-state index in [4.69, 9.17) is 18.4 Å². The van der Waals surface area contributed by atoms with Gasteiger partial charge < -0.3 is 18.4 Å². The van der Waals surface area contributed by atoms with Gasteiger partial charge in [0.1, 0.15) is 17.3 Å². The molecule has 372 valence electrons. The Morgan fingerprint density at radius 3 is 1.33 bits per heavy atom. The Morgan fingerprint density at radius 1 is 0.551 bits per heavy atom. The zero-order valence-corrected chi connectivity index (χ0v) is 39.3. The van der Waals surface area contributed by atoms with Crippen LogP contribution in [0.25, 0.3) is 11.1 Å². The van der Waals surface area contributed by atoms with Crippen LogP contribution < -0.4 is 4.72 Å². The van der Waals surface area contributed by atoms with Gasteiger partial charge in [0.05, 0.1) is 26.0 Å². The summed E-state index contributed by atoms with van der Waals surface area (Å²) in [6.07, 6.45) is -15.2. The highest BCUT2D eigenvalue weighted by Crippen LogP contribution is 2.51. The Bertz CT molecular complexity index is 2990. The Morgan fingerprint density at radius 2 is 0.957 bits per heavy atom. The summed E-state index contributed by atoms with van der Waals surface area (Å²) < 4.78 is 201. The summed E-state index contributed by atoms with van der Waals surface area (Å²) in [7, 11) is -9.17. The van der Waals surface area contributed by atoms with E-state index in [2.05, 4.69) is 4.72 Å². The minimum atomic E-state index is -4.99. The zero-order valence-electron chi connectivity index (χ0n) is 37.7. The summed E-state index contributed by atoms with van der Waals surface area (Å²) >= 11 is 0. The highest BCUT2D eigenvalue weighted by Gasteiger charge is 2.47. The molecular weight excluding hydrogens is 970 g/mol. The molecule has 6 aromatic rings. The molecule has 2 N–H and O–H groups in total. The molecular formula is C48H46F9NO9S2. The van der Waals surface area contributed by atoms with Crippen LogP contribution in [-0.4, -0.2) is 33.7 Å². The molecule has 21 heteroatoms. The van der Waals surface area contributed by atoms with Crippen LogP contribution in [0.1, 0.15) is 118 Å². The van der Waals surface area contributed by atoms with Crippen LogP contribution in [0.5, 0.6) is 0 Å².